The van der Waals surface area contributed by atoms with Crippen molar-refractivity contribution in [2.75, 3.05) is 6.54 Å². The Morgan fingerprint density at radius 3 is 2.67 bits per heavy atom. The van der Waals surface area contributed by atoms with E-state index in [2.05, 4.69) is 31.3 Å². The Bertz CT molecular complexity index is 475. The summed E-state index contributed by atoms with van der Waals surface area (Å²) in [4.78, 5) is 12.5. The molecule has 0 saturated carbocycles. The fourth-order valence-corrected chi connectivity index (χ4v) is 2.11. The van der Waals surface area contributed by atoms with E-state index in [1.807, 2.05) is 18.3 Å². The number of hydrogen-bond acceptors (Lipinski definition) is 2. The molecule has 0 radical (unpaired) electrons. The molecule has 1 aliphatic rings. The Balaban J connectivity index is 2.12. The molecule has 1 N–H and O–H groups in total. The molecule has 1 aromatic rings. The monoisotopic (exact) mass is 243 g/mol. The molecule has 1 aliphatic heterocycles. The predicted molar refractivity (Wildman–Crippen MR) is 68.7 cm³/mol. The van der Waals surface area contributed by atoms with Crippen LogP contribution in [0.3, 0.4) is 0 Å². The summed E-state index contributed by atoms with van der Waals surface area (Å²) in [6.07, 6.45) is 2.99. The van der Waals surface area contributed by atoms with E-state index in [-0.39, 0.29) is 12.1 Å². The van der Waals surface area contributed by atoms with Crippen LogP contribution in [0, 0.1) is 11.5 Å². The van der Waals surface area contributed by atoms with Gasteiger partial charge in [-0.15, -0.1) is 0 Å². The SMILES string of the molecule is CCC(C)c1ccc(C2CN(C#N)C(=O)N2)cc1. The molecule has 0 spiro atoms. The van der Waals surface area contributed by atoms with E-state index in [1.165, 1.54) is 5.56 Å². The number of benzene rings is 1. The molecule has 2 amide bonds. The Morgan fingerprint density at radius 2 is 2.17 bits per heavy atom. The first-order chi connectivity index (χ1) is 8.65. The van der Waals surface area contributed by atoms with Crippen molar-refractivity contribution < 1.29 is 4.79 Å². The van der Waals surface area contributed by atoms with Gasteiger partial charge in [0.05, 0.1) is 12.6 Å². The van der Waals surface area contributed by atoms with E-state index in [0.717, 1.165) is 16.9 Å². The van der Waals surface area contributed by atoms with E-state index < -0.39 is 0 Å². The minimum absolute atomic E-state index is 0.0804. The Hall–Kier alpha value is -2.02. The van der Waals surface area contributed by atoms with Crippen molar-refractivity contribution in [1.82, 2.24) is 10.2 Å². The molecule has 2 unspecified atom stereocenters. The van der Waals surface area contributed by atoms with Crippen LogP contribution in [0.2, 0.25) is 0 Å². The van der Waals surface area contributed by atoms with E-state index in [9.17, 15) is 4.79 Å². The molecule has 1 fully saturated rings. The molecule has 2 rings (SSSR count). The zero-order valence-electron chi connectivity index (χ0n) is 10.7. The Kier molecular flexibility index (Phi) is 3.52. The average Bonchev–Trinajstić information content (AvgIpc) is 2.79. The van der Waals surface area contributed by atoms with Crippen LogP contribution in [0.15, 0.2) is 24.3 Å². The number of hydrogen-bond donors (Lipinski definition) is 1. The van der Waals surface area contributed by atoms with Crippen molar-refractivity contribution in [1.29, 1.82) is 5.26 Å². The zero-order chi connectivity index (χ0) is 13.1. The zero-order valence-corrected chi connectivity index (χ0v) is 10.7. The number of nitrogens with zero attached hydrogens (tertiary/aromatic N) is 2. The van der Waals surface area contributed by atoms with Gasteiger partial charge in [0, 0.05) is 0 Å². The minimum Gasteiger partial charge on any atom is -0.328 e. The van der Waals surface area contributed by atoms with Gasteiger partial charge in [0.2, 0.25) is 0 Å². The summed E-state index contributed by atoms with van der Waals surface area (Å²) in [6, 6.07) is 7.88. The van der Waals surface area contributed by atoms with Crippen molar-refractivity contribution in [2.24, 2.45) is 0 Å². The Labute approximate surface area is 107 Å². The first-order valence-corrected chi connectivity index (χ1v) is 6.23. The lowest BCUT2D eigenvalue weighted by Crippen LogP contribution is -2.23. The highest BCUT2D eigenvalue weighted by Crippen LogP contribution is 2.23. The number of nitrogens with one attached hydrogen (secondary N) is 1. The predicted octanol–water partition coefficient (Wildman–Crippen LogP) is 2.75. The van der Waals surface area contributed by atoms with Gasteiger partial charge in [-0.2, -0.15) is 5.26 Å². The third kappa shape index (κ3) is 2.30. The highest BCUT2D eigenvalue weighted by molar-refractivity contribution is 5.78. The van der Waals surface area contributed by atoms with Crippen LogP contribution in [0.5, 0.6) is 0 Å². The fourth-order valence-electron chi connectivity index (χ4n) is 2.11. The van der Waals surface area contributed by atoms with Gasteiger partial charge in [-0.3, -0.25) is 0 Å². The fraction of sp³-hybridized carbons (Fsp3) is 0.429. The molecular weight excluding hydrogens is 226 g/mol. The molecule has 0 bridgehead atoms. The van der Waals surface area contributed by atoms with Crippen LogP contribution in [0.1, 0.15) is 43.4 Å². The smallest absolute Gasteiger partial charge is 0.328 e. The third-order valence-electron chi connectivity index (χ3n) is 3.55. The summed E-state index contributed by atoms with van der Waals surface area (Å²) < 4.78 is 0. The molecule has 0 aromatic heterocycles. The standard InChI is InChI=1S/C14H17N3O/c1-3-10(2)11-4-6-12(7-5-11)13-8-17(9-15)14(18)16-13/h4-7,10,13H,3,8H2,1-2H3,(H,16,18). The Morgan fingerprint density at radius 1 is 1.50 bits per heavy atom. The number of nitriles is 1. The molecule has 0 aliphatic carbocycles. The first kappa shape index (κ1) is 12.4. The normalized spacial score (nSPS) is 20.4. The largest absolute Gasteiger partial charge is 0.331 e. The second kappa shape index (κ2) is 5.09. The number of urea groups is 1. The minimum atomic E-state index is -0.312. The van der Waals surface area contributed by atoms with Gasteiger partial charge in [0.25, 0.3) is 0 Å². The van der Waals surface area contributed by atoms with E-state index in [4.69, 9.17) is 5.26 Å². The van der Waals surface area contributed by atoms with Gasteiger partial charge in [-0.05, 0) is 23.5 Å². The van der Waals surface area contributed by atoms with Crippen molar-refractivity contribution in [2.45, 2.75) is 32.2 Å². The maximum atomic E-state index is 11.4. The molecule has 94 valence electrons. The molecule has 1 heterocycles. The average molecular weight is 243 g/mol. The van der Waals surface area contributed by atoms with Crippen molar-refractivity contribution in [3.8, 4) is 6.19 Å². The number of carbonyl (C=O) groups excluding carboxylic acids is 1. The van der Waals surface area contributed by atoms with Gasteiger partial charge in [0.1, 0.15) is 0 Å². The third-order valence-corrected chi connectivity index (χ3v) is 3.55. The second-order valence-electron chi connectivity index (χ2n) is 4.69. The molecule has 1 saturated heterocycles. The molecule has 18 heavy (non-hydrogen) atoms. The van der Waals surface area contributed by atoms with Crippen LogP contribution in [-0.4, -0.2) is 17.5 Å². The highest BCUT2D eigenvalue weighted by atomic mass is 16.2. The molecular formula is C14H17N3O. The van der Waals surface area contributed by atoms with Gasteiger partial charge < -0.3 is 5.32 Å². The van der Waals surface area contributed by atoms with Gasteiger partial charge in [-0.1, -0.05) is 38.1 Å². The van der Waals surface area contributed by atoms with Crippen LogP contribution in [-0.2, 0) is 0 Å². The molecule has 2 atom stereocenters. The maximum Gasteiger partial charge on any atom is 0.331 e. The molecule has 1 aromatic carbocycles. The van der Waals surface area contributed by atoms with E-state index in [1.54, 1.807) is 0 Å². The van der Waals surface area contributed by atoms with Gasteiger partial charge in [0.15, 0.2) is 6.19 Å². The second-order valence-corrected chi connectivity index (χ2v) is 4.69. The van der Waals surface area contributed by atoms with Crippen LogP contribution >= 0.6 is 0 Å². The number of carbonyl (C=O) groups is 1. The van der Waals surface area contributed by atoms with E-state index >= 15 is 0 Å². The number of rotatable bonds is 3. The van der Waals surface area contributed by atoms with Gasteiger partial charge >= 0.3 is 6.03 Å². The first-order valence-electron chi connectivity index (χ1n) is 6.23. The topological polar surface area (TPSA) is 56.1 Å². The van der Waals surface area contributed by atoms with Crippen molar-refractivity contribution in [3.05, 3.63) is 35.4 Å². The number of amides is 2. The quantitative estimate of drug-likeness (QED) is 0.830. The van der Waals surface area contributed by atoms with E-state index in [0.29, 0.717) is 12.5 Å². The summed E-state index contributed by atoms with van der Waals surface area (Å²) in [5.74, 6) is 0.549. The van der Waals surface area contributed by atoms with Crippen LogP contribution < -0.4 is 5.32 Å². The lowest BCUT2D eigenvalue weighted by Gasteiger charge is -2.12. The summed E-state index contributed by atoms with van der Waals surface area (Å²) in [5, 5.41) is 11.6. The van der Waals surface area contributed by atoms with Crippen LogP contribution in [0.4, 0.5) is 4.79 Å². The van der Waals surface area contributed by atoms with Crippen molar-refractivity contribution >= 4 is 6.03 Å². The maximum absolute atomic E-state index is 11.4. The lowest BCUT2D eigenvalue weighted by molar-refractivity contribution is 0.232. The highest BCUT2D eigenvalue weighted by Gasteiger charge is 2.29. The summed E-state index contributed by atoms with van der Waals surface area (Å²) >= 11 is 0. The molecule has 4 heteroatoms. The lowest BCUT2D eigenvalue weighted by atomic mass is 9.96. The summed E-state index contributed by atoms with van der Waals surface area (Å²) in [7, 11) is 0. The summed E-state index contributed by atoms with van der Waals surface area (Å²) in [5.41, 5.74) is 2.36. The van der Waals surface area contributed by atoms with Gasteiger partial charge in [-0.25, -0.2) is 9.69 Å². The summed E-state index contributed by atoms with van der Waals surface area (Å²) in [6.45, 7) is 4.78. The van der Waals surface area contributed by atoms with Crippen LogP contribution in [0.25, 0.3) is 0 Å². The molecule has 4 nitrogen and oxygen atoms in total. The van der Waals surface area contributed by atoms with Crippen molar-refractivity contribution in [3.63, 3.8) is 0 Å².